The van der Waals surface area contributed by atoms with E-state index in [9.17, 15) is 9.59 Å². The predicted molar refractivity (Wildman–Crippen MR) is 64.7 cm³/mol. The summed E-state index contributed by atoms with van der Waals surface area (Å²) in [5.74, 6) is -1.54. The van der Waals surface area contributed by atoms with E-state index < -0.39 is 24.0 Å². The van der Waals surface area contributed by atoms with Gasteiger partial charge in [0.05, 0.1) is 12.4 Å². The fourth-order valence-corrected chi connectivity index (χ4v) is 1.54. The summed E-state index contributed by atoms with van der Waals surface area (Å²) in [6.45, 7) is 1.91. The number of amides is 1. The zero-order valence-electron chi connectivity index (χ0n) is 10.2. The van der Waals surface area contributed by atoms with Crippen molar-refractivity contribution in [1.29, 1.82) is 0 Å². The molecule has 100 valence electrons. The van der Waals surface area contributed by atoms with Gasteiger partial charge in [-0.2, -0.15) is 0 Å². The first kappa shape index (κ1) is 14.2. The average molecular weight is 254 g/mol. The van der Waals surface area contributed by atoms with Crippen LogP contribution in [0.4, 0.5) is 0 Å². The van der Waals surface area contributed by atoms with Crippen LogP contribution in [-0.4, -0.2) is 39.0 Å². The SMILES string of the molecule is CCC[C@H](N)C(=O)N[C@H](Cc1cnc[nH]1)C(=O)O. The highest BCUT2D eigenvalue weighted by Gasteiger charge is 2.23. The average Bonchev–Trinajstić information content (AvgIpc) is 2.81. The van der Waals surface area contributed by atoms with Crippen LogP contribution in [0, 0.1) is 0 Å². The summed E-state index contributed by atoms with van der Waals surface area (Å²) in [4.78, 5) is 29.3. The van der Waals surface area contributed by atoms with Crippen molar-refractivity contribution in [2.75, 3.05) is 0 Å². The minimum Gasteiger partial charge on any atom is -0.480 e. The molecule has 1 rings (SSSR count). The molecule has 1 aromatic heterocycles. The van der Waals surface area contributed by atoms with E-state index in [1.807, 2.05) is 6.92 Å². The number of hydrogen-bond acceptors (Lipinski definition) is 4. The summed E-state index contributed by atoms with van der Waals surface area (Å²) < 4.78 is 0. The highest BCUT2D eigenvalue weighted by molar-refractivity contribution is 5.86. The highest BCUT2D eigenvalue weighted by Crippen LogP contribution is 2.00. The van der Waals surface area contributed by atoms with Gasteiger partial charge in [-0.3, -0.25) is 4.79 Å². The van der Waals surface area contributed by atoms with Crippen LogP contribution in [0.1, 0.15) is 25.5 Å². The lowest BCUT2D eigenvalue weighted by Crippen LogP contribution is -2.49. The smallest absolute Gasteiger partial charge is 0.326 e. The van der Waals surface area contributed by atoms with E-state index in [0.717, 1.165) is 6.42 Å². The molecule has 0 bridgehead atoms. The number of aromatic amines is 1. The number of nitrogens with zero attached hydrogens (tertiary/aromatic N) is 1. The first-order valence-electron chi connectivity index (χ1n) is 5.80. The zero-order chi connectivity index (χ0) is 13.5. The van der Waals surface area contributed by atoms with Crippen LogP contribution in [-0.2, 0) is 16.0 Å². The molecule has 0 saturated heterocycles. The number of H-pyrrole nitrogens is 1. The van der Waals surface area contributed by atoms with E-state index in [-0.39, 0.29) is 6.42 Å². The van der Waals surface area contributed by atoms with Crippen LogP contribution in [0.25, 0.3) is 0 Å². The van der Waals surface area contributed by atoms with Gasteiger partial charge in [-0.25, -0.2) is 9.78 Å². The molecule has 0 unspecified atom stereocenters. The number of nitrogens with one attached hydrogen (secondary N) is 2. The van der Waals surface area contributed by atoms with Gasteiger partial charge in [-0.05, 0) is 6.42 Å². The number of hydrogen-bond donors (Lipinski definition) is 4. The number of nitrogens with two attached hydrogens (primary N) is 1. The normalized spacial score (nSPS) is 13.9. The lowest BCUT2D eigenvalue weighted by Gasteiger charge is -2.16. The van der Waals surface area contributed by atoms with Crippen molar-refractivity contribution in [1.82, 2.24) is 15.3 Å². The molecule has 18 heavy (non-hydrogen) atoms. The molecule has 7 heteroatoms. The Morgan fingerprint density at radius 2 is 2.33 bits per heavy atom. The number of carboxylic acids is 1. The van der Waals surface area contributed by atoms with Crippen LogP contribution in [0.15, 0.2) is 12.5 Å². The van der Waals surface area contributed by atoms with Crippen LogP contribution < -0.4 is 11.1 Å². The molecule has 0 aromatic carbocycles. The Morgan fingerprint density at radius 1 is 1.61 bits per heavy atom. The molecule has 0 saturated carbocycles. The summed E-state index contributed by atoms with van der Waals surface area (Å²) in [5.41, 5.74) is 6.27. The van der Waals surface area contributed by atoms with Crippen molar-refractivity contribution in [2.45, 2.75) is 38.3 Å². The van der Waals surface area contributed by atoms with Crippen molar-refractivity contribution in [3.63, 3.8) is 0 Å². The number of rotatable bonds is 7. The fourth-order valence-electron chi connectivity index (χ4n) is 1.54. The van der Waals surface area contributed by atoms with Gasteiger partial charge in [-0.1, -0.05) is 13.3 Å². The van der Waals surface area contributed by atoms with Crippen LogP contribution in [0.5, 0.6) is 0 Å². The molecule has 1 amide bonds. The number of carboxylic acid groups (broad SMARTS) is 1. The third-order valence-corrected chi connectivity index (χ3v) is 2.53. The molecule has 0 spiro atoms. The minimum atomic E-state index is -1.10. The molecule has 0 aliphatic rings. The Bertz CT molecular complexity index is 391. The Balaban J connectivity index is 2.58. The third-order valence-electron chi connectivity index (χ3n) is 2.53. The summed E-state index contributed by atoms with van der Waals surface area (Å²) in [6.07, 6.45) is 4.43. The maximum absolute atomic E-state index is 11.7. The van der Waals surface area contributed by atoms with Crippen LogP contribution in [0.3, 0.4) is 0 Å². The lowest BCUT2D eigenvalue weighted by molar-refractivity contribution is -0.142. The minimum absolute atomic E-state index is 0.153. The van der Waals surface area contributed by atoms with Gasteiger partial charge in [0, 0.05) is 18.3 Å². The van der Waals surface area contributed by atoms with Gasteiger partial charge in [0.15, 0.2) is 0 Å². The van der Waals surface area contributed by atoms with Crippen molar-refractivity contribution in [3.05, 3.63) is 18.2 Å². The number of aromatic nitrogens is 2. The Labute approximate surface area is 105 Å². The van der Waals surface area contributed by atoms with Gasteiger partial charge < -0.3 is 21.1 Å². The van der Waals surface area contributed by atoms with Crippen molar-refractivity contribution >= 4 is 11.9 Å². The van der Waals surface area contributed by atoms with Crippen LogP contribution >= 0.6 is 0 Å². The predicted octanol–water partition coefficient (Wildman–Crippen LogP) is -0.351. The van der Waals surface area contributed by atoms with Gasteiger partial charge in [0.2, 0.25) is 5.91 Å². The monoisotopic (exact) mass is 254 g/mol. The topological polar surface area (TPSA) is 121 Å². The van der Waals surface area contributed by atoms with Crippen molar-refractivity contribution < 1.29 is 14.7 Å². The summed E-state index contributed by atoms with van der Waals surface area (Å²) in [7, 11) is 0. The number of carbonyl (C=O) groups excluding carboxylic acids is 1. The summed E-state index contributed by atoms with van der Waals surface area (Å²) >= 11 is 0. The van der Waals surface area contributed by atoms with E-state index in [4.69, 9.17) is 10.8 Å². The molecule has 0 aliphatic heterocycles. The third kappa shape index (κ3) is 4.17. The van der Waals surface area contributed by atoms with Crippen molar-refractivity contribution in [2.24, 2.45) is 5.73 Å². The standard InChI is InChI=1S/C11H18N4O3/c1-2-3-8(12)10(16)15-9(11(17)18)4-7-5-13-6-14-7/h5-6,8-9H,2-4,12H2,1H3,(H,13,14)(H,15,16)(H,17,18)/t8-,9+/m0/s1. The quantitative estimate of drug-likeness (QED) is 0.530. The van der Waals surface area contributed by atoms with Gasteiger partial charge in [-0.15, -0.1) is 0 Å². The molecule has 5 N–H and O–H groups in total. The number of aliphatic carboxylic acids is 1. The van der Waals surface area contributed by atoms with Gasteiger partial charge in [0.25, 0.3) is 0 Å². The maximum atomic E-state index is 11.7. The summed E-state index contributed by atoms with van der Waals surface area (Å²) in [6, 6.07) is -1.67. The van der Waals surface area contributed by atoms with E-state index >= 15 is 0 Å². The van der Waals surface area contributed by atoms with Gasteiger partial charge in [0.1, 0.15) is 6.04 Å². The molecule has 1 heterocycles. The van der Waals surface area contributed by atoms with E-state index in [1.54, 1.807) is 0 Å². The molecule has 0 radical (unpaired) electrons. The Morgan fingerprint density at radius 3 is 2.83 bits per heavy atom. The molecular weight excluding hydrogens is 236 g/mol. The van der Waals surface area contributed by atoms with E-state index in [1.165, 1.54) is 12.5 Å². The Hall–Kier alpha value is -1.89. The first-order valence-corrected chi connectivity index (χ1v) is 5.80. The highest BCUT2D eigenvalue weighted by atomic mass is 16.4. The Kier molecular flexibility index (Phi) is 5.31. The second-order valence-corrected chi connectivity index (χ2v) is 4.08. The number of imidazole rings is 1. The van der Waals surface area contributed by atoms with E-state index in [0.29, 0.717) is 12.1 Å². The zero-order valence-corrected chi connectivity index (χ0v) is 10.2. The molecule has 7 nitrogen and oxygen atoms in total. The largest absolute Gasteiger partial charge is 0.480 e. The maximum Gasteiger partial charge on any atom is 0.326 e. The second-order valence-electron chi connectivity index (χ2n) is 4.08. The fraction of sp³-hybridized carbons (Fsp3) is 0.545. The molecule has 0 aliphatic carbocycles. The molecule has 2 atom stereocenters. The number of carbonyl (C=O) groups is 2. The molecular formula is C11H18N4O3. The second kappa shape index (κ2) is 6.75. The lowest BCUT2D eigenvalue weighted by atomic mass is 10.1. The molecule has 0 fully saturated rings. The van der Waals surface area contributed by atoms with Gasteiger partial charge >= 0.3 is 5.97 Å². The first-order chi connectivity index (χ1) is 8.54. The van der Waals surface area contributed by atoms with E-state index in [2.05, 4.69) is 15.3 Å². The van der Waals surface area contributed by atoms with Crippen LogP contribution in [0.2, 0.25) is 0 Å². The molecule has 1 aromatic rings. The van der Waals surface area contributed by atoms with Crippen molar-refractivity contribution in [3.8, 4) is 0 Å². The summed E-state index contributed by atoms with van der Waals surface area (Å²) in [5, 5.41) is 11.5.